The Kier molecular flexibility index (Phi) is 6.27. The number of carbonyl (C=O) groups excluding carboxylic acids is 1. The van der Waals surface area contributed by atoms with Crippen molar-refractivity contribution in [3.8, 4) is 5.75 Å². The van der Waals surface area contributed by atoms with Gasteiger partial charge in [-0.2, -0.15) is 0 Å². The van der Waals surface area contributed by atoms with Gasteiger partial charge in [0.1, 0.15) is 41.6 Å². The summed E-state index contributed by atoms with van der Waals surface area (Å²) in [4.78, 5) is 20.6. The normalized spacial score (nSPS) is 23.0. The molecule has 0 spiro atoms. The van der Waals surface area contributed by atoms with E-state index in [1.165, 1.54) is 6.33 Å². The second kappa shape index (κ2) is 8.99. The summed E-state index contributed by atoms with van der Waals surface area (Å²) in [7, 11) is 0. The van der Waals surface area contributed by atoms with Gasteiger partial charge in [-0.15, -0.1) is 0 Å². The zero-order valence-electron chi connectivity index (χ0n) is 19.2. The number of hydrogen-bond donors (Lipinski definition) is 3. The van der Waals surface area contributed by atoms with Crippen LogP contribution in [0.2, 0.25) is 0 Å². The average molecular weight is 455 g/mol. The molecule has 3 N–H and O–H groups in total. The first kappa shape index (κ1) is 23.0. The highest BCUT2D eigenvalue weighted by molar-refractivity contribution is 5.78. The number of ether oxygens (including phenoxy) is 2. The first-order valence-corrected chi connectivity index (χ1v) is 11.0. The SMILES string of the molecule is Cc1ncnc2c1ccn2[C@@H]1C[C@H](Oc2ccccc2CNC(=O)OC(C)(C)C)[C@@H](O)[C@H]1O. The number of aromatic nitrogens is 3. The highest BCUT2D eigenvalue weighted by Gasteiger charge is 2.44. The minimum atomic E-state index is -1.08. The fourth-order valence-corrected chi connectivity index (χ4v) is 4.13. The van der Waals surface area contributed by atoms with Crippen molar-refractivity contribution in [2.24, 2.45) is 0 Å². The summed E-state index contributed by atoms with van der Waals surface area (Å²) in [5.41, 5.74) is 1.71. The summed E-state index contributed by atoms with van der Waals surface area (Å²) in [5, 5.41) is 25.2. The van der Waals surface area contributed by atoms with E-state index in [2.05, 4.69) is 15.3 Å². The van der Waals surface area contributed by atoms with Gasteiger partial charge in [-0.1, -0.05) is 18.2 Å². The second-order valence-electron chi connectivity index (χ2n) is 9.32. The number of carbonyl (C=O) groups is 1. The van der Waals surface area contributed by atoms with Crippen LogP contribution < -0.4 is 10.1 Å². The standard InChI is InChI=1S/C24H30N4O5/c1-14-16-9-10-28(22(16)27-13-26-14)17-11-19(21(30)20(17)29)32-18-8-6-5-7-15(18)12-25-23(31)33-24(2,3)4/h5-10,13,17,19-21,29-30H,11-12H2,1-4H3,(H,25,31)/t17-,19+,20+,21-/m1/s1. The lowest BCUT2D eigenvalue weighted by Crippen LogP contribution is -2.35. The Morgan fingerprint density at radius 2 is 1.94 bits per heavy atom. The number of para-hydroxylation sites is 1. The molecule has 0 bridgehead atoms. The van der Waals surface area contributed by atoms with Crippen molar-refractivity contribution >= 4 is 17.1 Å². The van der Waals surface area contributed by atoms with Crippen LogP contribution in [0.5, 0.6) is 5.75 Å². The van der Waals surface area contributed by atoms with Crippen molar-refractivity contribution in [1.82, 2.24) is 19.9 Å². The topological polar surface area (TPSA) is 119 Å². The van der Waals surface area contributed by atoms with Gasteiger partial charge in [0.05, 0.1) is 11.7 Å². The van der Waals surface area contributed by atoms with Gasteiger partial charge in [0.2, 0.25) is 0 Å². The molecular formula is C24H30N4O5. The highest BCUT2D eigenvalue weighted by Crippen LogP contribution is 2.36. The summed E-state index contributed by atoms with van der Waals surface area (Å²) in [6, 6.07) is 8.79. The third-order valence-corrected chi connectivity index (χ3v) is 5.74. The van der Waals surface area contributed by atoms with Gasteiger partial charge < -0.3 is 29.6 Å². The van der Waals surface area contributed by atoms with Gasteiger partial charge in [0.25, 0.3) is 0 Å². The molecule has 1 aliphatic carbocycles. The van der Waals surface area contributed by atoms with Crippen molar-refractivity contribution < 1.29 is 24.5 Å². The average Bonchev–Trinajstić information content (AvgIpc) is 3.29. The number of benzene rings is 1. The van der Waals surface area contributed by atoms with Gasteiger partial charge in [0, 0.05) is 30.1 Å². The lowest BCUT2D eigenvalue weighted by Gasteiger charge is -2.21. The molecule has 33 heavy (non-hydrogen) atoms. The van der Waals surface area contributed by atoms with Crippen LogP contribution in [-0.2, 0) is 11.3 Å². The maximum absolute atomic E-state index is 12.0. The molecule has 0 saturated heterocycles. The first-order chi connectivity index (χ1) is 15.6. The minimum absolute atomic E-state index is 0.207. The van der Waals surface area contributed by atoms with E-state index in [4.69, 9.17) is 9.47 Å². The van der Waals surface area contributed by atoms with Crippen LogP contribution in [0.1, 0.15) is 44.5 Å². The number of aliphatic hydroxyl groups is 2. The maximum Gasteiger partial charge on any atom is 0.407 e. The van der Waals surface area contributed by atoms with Crippen LogP contribution in [0.4, 0.5) is 4.79 Å². The zero-order chi connectivity index (χ0) is 23.8. The van der Waals surface area contributed by atoms with Crippen molar-refractivity contribution in [2.75, 3.05) is 0 Å². The predicted molar refractivity (Wildman–Crippen MR) is 122 cm³/mol. The van der Waals surface area contributed by atoms with Gasteiger partial charge in [-0.3, -0.25) is 0 Å². The molecule has 2 aromatic heterocycles. The van der Waals surface area contributed by atoms with E-state index >= 15 is 0 Å². The third kappa shape index (κ3) is 4.94. The van der Waals surface area contributed by atoms with Gasteiger partial charge in [0.15, 0.2) is 0 Å². The van der Waals surface area contributed by atoms with Crippen LogP contribution in [0, 0.1) is 6.92 Å². The molecule has 9 nitrogen and oxygen atoms in total. The maximum atomic E-state index is 12.0. The predicted octanol–water partition coefficient (Wildman–Crippen LogP) is 2.88. The molecule has 0 unspecified atom stereocenters. The lowest BCUT2D eigenvalue weighted by molar-refractivity contribution is -0.0166. The zero-order valence-corrected chi connectivity index (χ0v) is 19.2. The largest absolute Gasteiger partial charge is 0.487 e. The second-order valence-corrected chi connectivity index (χ2v) is 9.32. The molecule has 176 valence electrons. The van der Waals surface area contributed by atoms with Crippen LogP contribution in [0.3, 0.4) is 0 Å². The van der Waals surface area contributed by atoms with Gasteiger partial charge >= 0.3 is 6.09 Å². The molecular weight excluding hydrogens is 424 g/mol. The summed E-state index contributed by atoms with van der Waals surface area (Å²) >= 11 is 0. The molecule has 3 aromatic rings. The number of fused-ring (bicyclic) bond motifs is 1. The number of aryl methyl sites for hydroxylation is 1. The number of nitrogens with zero attached hydrogens (tertiary/aromatic N) is 3. The molecule has 1 saturated carbocycles. The molecule has 1 fully saturated rings. The Morgan fingerprint density at radius 1 is 1.18 bits per heavy atom. The van der Waals surface area contributed by atoms with E-state index in [9.17, 15) is 15.0 Å². The molecule has 1 amide bonds. The molecule has 0 aliphatic heterocycles. The third-order valence-electron chi connectivity index (χ3n) is 5.74. The Labute approximate surface area is 192 Å². The Bertz CT molecular complexity index is 1140. The van der Waals surface area contributed by atoms with Crippen molar-refractivity contribution in [2.45, 2.75) is 70.6 Å². The Balaban J connectivity index is 1.49. The van der Waals surface area contributed by atoms with Crippen LogP contribution in [-0.4, -0.2) is 54.8 Å². The van der Waals surface area contributed by atoms with Crippen molar-refractivity contribution in [1.29, 1.82) is 0 Å². The fraction of sp³-hybridized carbons (Fsp3) is 0.458. The number of rotatable bonds is 5. The summed E-state index contributed by atoms with van der Waals surface area (Å²) in [6.07, 6.45) is 0.485. The molecule has 1 aromatic carbocycles. The summed E-state index contributed by atoms with van der Waals surface area (Å²) < 4.78 is 13.3. The van der Waals surface area contributed by atoms with Crippen LogP contribution in [0.25, 0.3) is 11.0 Å². The Hall–Kier alpha value is -3.17. The Morgan fingerprint density at radius 3 is 2.70 bits per heavy atom. The fourth-order valence-electron chi connectivity index (χ4n) is 4.13. The van der Waals surface area contributed by atoms with E-state index < -0.39 is 36.0 Å². The van der Waals surface area contributed by atoms with E-state index in [1.54, 1.807) is 26.8 Å². The molecule has 0 radical (unpaired) electrons. The van der Waals surface area contributed by atoms with Gasteiger partial charge in [-0.05, 0) is 39.8 Å². The van der Waals surface area contributed by atoms with E-state index in [0.29, 0.717) is 17.8 Å². The lowest BCUT2D eigenvalue weighted by atomic mass is 10.2. The van der Waals surface area contributed by atoms with Crippen molar-refractivity contribution in [3.05, 3.63) is 54.1 Å². The first-order valence-electron chi connectivity index (χ1n) is 11.0. The van der Waals surface area contributed by atoms with E-state index in [1.807, 2.05) is 42.0 Å². The number of alkyl carbamates (subject to hydrolysis) is 1. The molecule has 9 heteroatoms. The van der Waals surface area contributed by atoms with Crippen LogP contribution in [0.15, 0.2) is 42.9 Å². The summed E-state index contributed by atoms with van der Waals surface area (Å²) in [5.74, 6) is 0.529. The number of hydrogen-bond acceptors (Lipinski definition) is 7. The smallest absolute Gasteiger partial charge is 0.407 e. The summed E-state index contributed by atoms with van der Waals surface area (Å²) in [6.45, 7) is 7.51. The van der Waals surface area contributed by atoms with E-state index in [0.717, 1.165) is 16.6 Å². The van der Waals surface area contributed by atoms with Crippen LogP contribution >= 0.6 is 0 Å². The molecule has 4 atom stereocenters. The quantitative estimate of drug-likeness (QED) is 0.542. The molecule has 4 rings (SSSR count). The highest BCUT2D eigenvalue weighted by atomic mass is 16.6. The number of nitrogens with one attached hydrogen (secondary N) is 1. The number of amides is 1. The van der Waals surface area contributed by atoms with E-state index in [-0.39, 0.29) is 6.54 Å². The number of aliphatic hydroxyl groups excluding tert-OH is 2. The molecule has 2 heterocycles. The van der Waals surface area contributed by atoms with Crippen molar-refractivity contribution in [3.63, 3.8) is 0 Å². The minimum Gasteiger partial charge on any atom is -0.487 e. The molecule has 1 aliphatic rings. The monoisotopic (exact) mass is 454 g/mol. The van der Waals surface area contributed by atoms with Gasteiger partial charge in [-0.25, -0.2) is 14.8 Å².